The first-order valence-electron chi connectivity index (χ1n) is 30.7. The highest BCUT2D eigenvalue weighted by molar-refractivity contribution is 5.09. The predicted molar refractivity (Wildman–Crippen MR) is 261 cm³/mol. The summed E-state index contributed by atoms with van der Waals surface area (Å²) in [5.41, 5.74) is 0. The van der Waals surface area contributed by atoms with Gasteiger partial charge in [-0.3, -0.25) is 0 Å². The molecular formula is C62H102. The van der Waals surface area contributed by atoms with E-state index in [2.05, 4.69) is 0 Å². The quantitative estimate of drug-likeness (QED) is 0.250. The molecule has 0 N–H and O–H groups in total. The minimum Gasteiger partial charge on any atom is -0.0533 e. The molecule has 0 aliphatic heterocycles. The summed E-state index contributed by atoms with van der Waals surface area (Å²) in [4.78, 5) is 0. The van der Waals surface area contributed by atoms with Crippen LogP contribution in [0.4, 0.5) is 0 Å². The van der Waals surface area contributed by atoms with Gasteiger partial charge in [-0.05, 0) is 252 Å². The molecule has 12 aliphatic rings. The summed E-state index contributed by atoms with van der Waals surface area (Å²) >= 11 is 0. The fraction of sp³-hybridized carbons (Fsp3) is 1.00. The summed E-state index contributed by atoms with van der Waals surface area (Å²) in [5, 5.41) is 0. The lowest BCUT2D eigenvalue weighted by atomic mass is 9.40. The van der Waals surface area contributed by atoms with Crippen molar-refractivity contribution in [3.63, 3.8) is 0 Å². The lowest BCUT2D eigenvalue weighted by molar-refractivity contribution is -0.163. The van der Waals surface area contributed by atoms with Crippen molar-refractivity contribution in [3.05, 3.63) is 0 Å². The van der Waals surface area contributed by atoms with Crippen molar-refractivity contribution in [1.29, 1.82) is 0 Å². The molecule has 0 aromatic rings. The van der Waals surface area contributed by atoms with Crippen LogP contribution in [0.5, 0.6) is 0 Å². The third-order valence-corrected chi connectivity index (χ3v) is 25.6. The molecule has 0 aromatic heterocycles. The molecule has 350 valence electrons. The van der Waals surface area contributed by atoms with Crippen LogP contribution in [0.25, 0.3) is 0 Å². The molecule has 0 radical (unpaired) electrons. The van der Waals surface area contributed by atoms with E-state index in [1.54, 1.807) is 257 Å². The fourth-order valence-electron chi connectivity index (χ4n) is 23.3. The van der Waals surface area contributed by atoms with Gasteiger partial charge in [0.1, 0.15) is 0 Å². The van der Waals surface area contributed by atoms with Gasteiger partial charge in [-0.1, -0.05) is 135 Å². The molecule has 12 aliphatic carbocycles. The molecule has 16 atom stereocenters. The molecule has 0 saturated heterocycles. The van der Waals surface area contributed by atoms with Crippen LogP contribution in [0.1, 0.15) is 257 Å². The largest absolute Gasteiger partial charge is 0.0533 e. The molecule has 0 spiro atoms. The summed E-state index contributed by atoms with van der Waals surface area (Å²) < 4.78 is 0. The van der Waals surface area contributed by atoms with Crippen molar-refractivity contribution in [1.82, 2.24) is 0 Å². The van der Waals surface area contributed by atoms with Crippen molar-refractivity contribution in [2.75, 3.05) is 0 Å². The normalized spacial score (nSPS) is 52.1. The van der Waals surface area contributed by atoms with E-state index in [1.165, 1.54) is 0 Å². The first-order chi connectivity index (χ1) is 30.7. The molecule has 0 bridgehead atoms. The predicted octanol–water partition coefficient (Wildman–Crippen LogP) is 18.3. The Labute approximate surface area is 385 Å². The molecule has 12 saturated carbocycles. The summed E-state index contributed by atoms with van der Waals surface area (Å²) in [6.45, 7) is 0. The molecule has 12 rings (SSSR count). The van der Waals surface area contributed by atoms with E-state index in [-0.39, 0.29) is 0 Å². The second-order valence-corrected chi connectivity index (χ2v) is 27.6. The van der Waals surface area contributed by atoms with Gasteiger partial charge in [-0.2, -0.15) is 0 Å². The van der Waals surface area contributed by atoms with Gasteiger partial charge in [0, 0.05) is 0 Å². The van der Waals surface area contributed by atoms with Crippen molar-refractivity contribution in [2.24, 2.45) is 130 Å². The monoisotopic (exact) mass is 847 g/mol. The molecule has 0 heterocycles. The lowest BCUT2D eigenvalue weighted by Gasteiger charge is -2.65. The van der Waals surface area contributed by atoms with Crippen LogP contribution in [-0.4, -0.2) is 0 Å². The Kier molecular flexibility index (Phi) is 13.6. The van der Waals surface area contributed by atoms with Crippen molar-refractivity contribution in [3.8, 4) is 0 Å². The van der Waals surface area contributed by atoms with Gasteiger partial charge in [0.25, 0.3) is 0 Å². The van der Waals surface area contributed by atoms with E-state index in [0.717, 1.165) is 130 Å². The van der Waals surface area contributed by atoms with Gasteiger partial charge in [-0.15, -0.1) is 0 Å². The minimum atomic E-state index is 1.10. The molecule has 0 heteroatoms. The zero-order valence-electron chi connectivity index (χ0n) is 41.0. The van der Waals surface area contributed by atoms with Crippen LogP contribution in [-0.2, 0) is 0 Å². The average Bonchev–Trinajstić information content (AvgIpc) is 3.35. The Balaban J connectivity index is 0.823. The molecular weight excluding hydrogens is 745 g/mol. The molecule has 0 nitrogen and oxygen atoms in total. The van der Waals surface area contributed by atoms with Gasteiger partial charge in [-0.25, -0.2) is 0 Å². The van der Waals surface area contributed by atoms with Crippen LogP contribution in [0.15, 0.2) is 0 Å². The SMILES string of the molecule is C1CCC(C2CCCCC2C2CCC(C3C4CC5CCCCC5CC4C(C4CCC(C5CCCCC5C5CCCCC5)CC4)C4CC5C(CCC6CCCCC65)CC43)CC2)CC1. The van der Waals surface area contributed by atoms with Crippen LogP contribution in [0, 0.1) is 130 Å². The molecule has 12 fully saturated rings. The van der Waals surface area contributed by atoms with E-state index < -0.39 is 0 Å². The van der Waals surface area contributed by atoms with Gasteiger partial charge in [0.2, 0.25) is 0 Å². The second kappa shape index (κ2) is 19.5. The van der Waals surface area contributed by atoms with Gasteiger partial charge < -0.3 is 0 Å². The third-order valence-electron chi connectivity index (χ3n) is 25.6. The number of hydrogen-bond acceptors (Lipinski definition) is 0. The number of rotatable bonds is 6. The summed E-state index contributed by atoms with van der Waals surface area (Å²) in [7, 11) is 0. The molecule has 62 heavy (non-hydrogen) atoms. The lowest BCUT2D eigenvalue weighted by Crippen LogP contribution is -2.58. The molecule has 0 amide bonds. The maximum absolute atomic E-state index is 1.74. The Morgan fingerprint density at radius 2 is 0.371 bits per heavy atom. The van der Waals surface area contributed by atoms with E-state index >= 15 is 0 Å². The second-order valence-electron chi connectivity index (χ2n) is 27.6. The fourth-order valence-corrected chi connectivity index (χ4v) is 23.3. The summed E-state index contributed by atoms with van der Waals surface area (Å²) in [5.74, 6) is 24.6. The maximum Gasteiger partial charge on any atom is -0.0323 e. The maximum atomic E-state index is 1.74. The van der Waals surface area contributed by atoms with Crippen molar-refractivity contribution in [2.45, 2.75) is 257 Å². The van der Waals surface area contributed by atoms with E-state index in [9.17, 15) is 0 Å². The third kappa shape index (κ3) is 8.47. The summed E-state index contributed by atoms with van der Waals surface area (Å²) in [6, 6.07) is 0. The van der Waals surface area contributed by atoms with Gasteiger partial charge >= 0.3 is 0 Å². The Morgan fingerprint density at radius 1 is 0.129 bits per heavy atom. The minimum absolute atomic E-state index is 1.10. The smallest absolute Gasteiger partial charge is 0.0323 e. The van der Waals surface area contributed by atoms with Crippen molar-refractivity contribution < 1.29 is 0 Å². The van der Waals surface area contributed by atoms with Gasteiger partial charge in [0.15, 0.2) is 0 Å². The Bertz CT molecular complexity index is 1400. The average molecular weight is 847 g/mol. The Hall–Kier alpha value is 0. The van der Waals surface area contributed by atoms with Gasteiger partial charge in [0.05, 0.1) is 0 Å². The van der Waals surface area contributed by atoms with E-state index in [0.29, 0.717) is 0 Å². The highest BCUT2D eigenvalue weighted by Crippen LogP contribution is 2.68. The molecule has 16 unspecified atom stereocenters. The number of hydrogen-bond donors (Lipinski definition) is 0. The standard InChI is InChI=1S/C62H102/c1-3-15-41(16-4-1)51-22-11-13-24-53(51)44-27-32-46(33-28-44)61-57-37-48-20-7-8-21-49(48)38-58(57)62(60-40-56-50(39-59(60)61)36-31-43-19-9-10-26-55(43)56)47-34-29-45(30-35-47)54-25-14-12-23-52(54)42-17-5-2-6-18-42/h41-62H,1-40H2. The first kappa shape index (κ1) is 43.3. The zero-order chi connectivity index (χ0) is 41.0. The topological polar surface area (TPSA) is 0 Å². The van der Waals surface area contributed by atoms with E-state index in [1.807, 2.05) is 0 Å². The Morgan fingerprint density at radius 3 is 0.774 bits per heavy atom. The van der Waals surface area contributed by atoms with Crippen LogP contribution >= 0.6 is 0 Å². The first-order valence-corrected chi connectivity index (χ1v) is 30.7. The van der Waals surface area contributed by atoms with Crippen LogP contribution in [0.3, 0.4) is 0 Å². The highest BCUT2D eigenvalue weighted by Gasteiger charge is 2.61. The van der Waals surface area contributed by atoms with Crippen LogP contribution in [0.2, 0.25) is 0 Å². The van der Waals surface area contributed by atoms with Crippen LogP contribution < -0.4 is 0 Å². The van der Waals surface area contributed by atoms with Crippen molar-refractivity contribution >= 4 is 0 Å². The molecule has 0 aromatic carbocycles. The summed E-state index contributed by atoms with van der Waals surface area (Å²) in [6.07, 6.45) is 64.7. The van der Waals surface area contributed by atoms with E-state index in [4.69, 9.17) is 0 Å². The highest BCUT2D eigenvalue weighted by atomic mass is 14.7. The number of fused-ring (bicyclic) bond motifs is 6. The zero-order valence-corrected chi connectivity index (χ0v) is 41.0.